The number of fused-ring (bicyclic) bond motifs is 1. The second-order valence-corrected chi connectivity index (χ2v) is 4.81. The van der Waals surface area contributed by atoms with Crippen LogP contribution in [0.1, 0.15) is 24.6 Å². The first kappa shape index (κ1) is 11.8. The Hall–Kier alpha value is -1.69. The molecule has 0 saturated carbocycles. The molecule has 2 heterocycles. The lowest BCUT2D eigenvalue weighted by Crippen LogP contribution is -2.21. The number of amides is 1. The normalized spacial score (nSPS) is 10.6. The summed E-state index contributed by atoms with van der Waals surface area (Å²) in [7, 11) is 0. The highest BCUT2D eigenvalue weighted by atomic mass is 32.1. The topological polar surface area (TPSA) is 74.8 Å². The molecule has 2 N–H and O–H groups in total. The van der Waals surface area contributed by atoms with Gasteiger partial charge in [-0.2, -0.15) is 0 Å². The molecule has 5 nitrogen and oxygen atoms in total. The summed E-state index contributed by atoms with van der Waals surface area (Å²) in [6.07, 6.45) is 2.75. The number of carbonyl (C=O) groups is 1. The lowest BCUT2D eigenvalue weighted by molar-refractivity contribution is -0.121. The highest BCUT2D eigenvalue weighted by Crippen LogP contribution is 2.20. The van der Waals surface area contributed by atoms with Gasteiger partial charge in [0.1, 0.15) is 4.83 Å². The summed E-state index contributed by atoms with van der Waals surface area (Å²) in [5.74, 6) is 0.0341. The fraction of sp³-hybridized carbons (Fsp3) is 0.364. The molecule has 0 aromatic carbocycles. The van der Waals surface area contributed by atoms with E-state index in [1.807, 2.05) is 6.92 Å². The van der Waals surface area contributed by atoms with Gasteiger partial charge in [-0.1, -0.05) is 6.92 Å². The maximum atomic E-state index is 11.5. The first-order valence-corrected chi connectivity index (χ1v) is 6.25. The Morgan fingerprint density at radius 2 is 2.41 bits per heavy atom. The van der Waals surface area contributed by atoms with Crippen LogP contribution in [0, 0.1) is 0 Å². The van der Waals surface area contributed by atoms with E-state index in [4.69, 9.17) is 0 Å². The van der Waals surface area contributed by atoms with E-state index in [9.17, 15) is 9.59 Å². The second kappa shape index (κ2) is 5.09. The number of H-pyrrole nitrogens is 1. The van der Waals surface area contributed by atoms with Gasteiger partial charge in [0.25, 0.3) is 5.56 Å². The molecule has 0 unspecified atom stereocenters. The fourth-order valence-electron chi connectivity index (χ4n) is 1.51. The minimum Gasteiger partial charge on any atom is -0.351 e. The van der Waals surface area contributed by atoms with E-state index in [2.05, 4.69) is 15.3 Å². The van der Waals surface area contributed by atoms with Gasteiger partial charge >= 0.3 is 0 Å². The third-order valence-corrected chi connectivity index (χ3v) is 3.37. The summed E-state index contributed by atoms with van der Waals surface area (Å²) in [4.78, 5) is 31.0. The van der Waals surface area contributed by atoms with Crippen molar-refractivity contribution in [2.45, 2.75) is 26.3 Å². The molecule has 0 fully saturated rings. The smallest absolute Gasteiger partial charge is 0.259 e. The van der Waals surface area contributed by atoms with Crippen LogP contribution in [0.3, 0.4) is 0 Å². The summed E-state index contributed by atoms with van der Waals surface area (Å²) in [5, 5.41) is 3.39. The molecule has 0 aliphatic heterocycles. The summed E-state index contributed by atoms with van der Waals surface area (Å²) in [6, 6.07) is 1.78. The third-order valence-electron chi connectivity index (χ3n) is 2.32. The largest absolute Gasteiger partial charge is 0.351 e. The molecule has 0 radical (unpaired) electrons. The first-order chi connectivity index (χ1) is 8.20. The molecule has 0 aliphatic carbocycles. The number of nitrogens with one attached hydrogen (secondary N) is 2. The molecule has 0 atom stereocenters. The van der Waals surface area contributed by atoms with Crippen molar-refractivity contribution in [3.8, 4) is 0 Å². The van der Waals surface area contributed by atoms with E-state index in [1.54, 1.807) is 6.07 Å². The molecule has 2 aromatic rings. The molecule has 0 aliphatic rings. The molecule has 17 heavy (non-hydrogen) atoms. The van der Waals surface area contributed by atoms with Crippen LogP contribution in [0.2, 0.25) is 0 Å². The van der Waals surface area contributed by atoms with Crippen molar-refractivity contribution < 1.29 is 4.79 Å². The summed E-state index contributed by atoms with van der Waals surface area (Å²) >= 11 is 1.43. The number of thiophene rings is 1. The molecule has 0 saturated heterocycles. The fourth-order valence-corrected chi connectivity index (χ4v) is 2.44. The number of nitrogens with zero attached hydrogens (tertiary/aromatic N) is 1. The molecule has 90 valence electrons. The Balaban J connectivity index is 2.12. The Morgan fingerprint density at radius 1 is 1.59 bits per heavy atom. The lowest BCUT2D eigenvalue weighted by atomic mass is 10.3. The molecule has 0 spiro atoms. The van der Waals surface area contributed by atoms with Crippen molar-refractivity contribution >= 4 is 27.5 Å². The van der Waals surface area contributed by atoms with Crippen molar-refractivity contribution in [2.24, 2.45) is 0 Å². The maximum Gasteiger partial charge on any atom is 0.259 e. The monoisotopic (exact) mass is 251 g/mol. The Morgan fingerprint density at radius 3 is 3.12 bits per heavy atom. The number of hydrogen-bond donors (Lipinski definition) is 2. The van der Waals surface area contributed by atoms with Gasteiger partial charge in [0.15, 0.2) is 0 Å². The summed E-state index contributed by atoms with van der Waals surface area (Å²) in [5.41, 5.74) is -0.141. The van der Waals surface area contributed by atoms with Crippen molar-refractivity contribution in [2.75, 3.05) is 0 Å². The minimum atomic E-state index is -0.141. The third kappa shape index (κ3) is 2.71. The van der Waals surface area contributed by atoms with E-state index in [0.29, 0.717) is 23.2 Å². The molecule has 0 bridgehead atoms. The van der Waals surface area contributed by atoms with Gasteiger partial charge in [-0.05, 0) is 12.5 Å². The van der Waals surface area contributed by atoms with Gasteiger partial charge < -0.3 is 10.3 Å². The highest BCUT2D eigenvalue weighted by molar-refractivity contribution is 7.18. The van der Waals surface area contributed by atoms with Crippen LogP contribution < -0.4 is 10.9 Å². The van der Waals surface area contributed by atoms with Gasteiger partial charge in [0, 0.05) is 11.3 Å². The Labute approximate surface area is 102 Å². The van der Waals surface area contributed by atoms with E-state index < -0.39 is 0 Å². The molecular weight excluding hydrogens is 238 g/mol. The molecule has 1 amide bonds. The highest BCUT2D eigenvalue weighted by Gasteiger charge is 2.06. The Kier molecular flexibility index (Phi) is 3.53. The number of aromatic amines is 1. The van der Waals surface area contributed by atoms with Crippen LogP contribution >= 0.6 is 11.3 Å². The van der Waals surface area contributed by atoms with Gasteiger partial charge in [-0.25, -0.2) is 4.98 Å². The van der Waals surface area contributed by atoms with Crippen molar-refractivity contribution in [3.63, 3.8) is 0 Å². The predicted molar refractivity (Wildman–Crippen MR) is 67.0 cm³/mol. The zero-order valence-corrected chi connectivity index (χ0v) is 10.3. The van der Waals surface area contributed by atoms with Gasteiger partial charge in [0.05, 0.1) is 18.3 Å². The van der Waals surface area contributed by atoms with Crippen LogP contribution in [0.15, 0.2) is 17.2 Å². The number of aromatic nitrogens is 2. The SMILES string of the molecule is CCCC(=O)NCc1cc2c(=O)[nH]cnc2s1. The van der Waals surface area contributed by atoms with Crippen LogP contribution in [0.25, 0.3) is 10.2 Å². The zero-order chi connectivity index (χ0) is 12.3. The average molecular weight is 251 g/mol. The Bertz CT molecular complexity index is 588. The van der Waals surface area contributed by atoms with Crippen LogP contribution in [-0.2, 0) is 11.3 Å². The second-order valence-electron chi connectivity index (χ2n) is 3.69. The number of rotatable bonds is 4. The molecule has 2 rings (SSSR count). The maximum absolute atomic E-state index is 11.5. The van der Waals surface area contributed by atoms with Gasteiger partial charge in [-0.3, -0.25) is 9.59 Å². The molecule has 6 heteroatoms. The van der Waals surface area contributed by atoms with Crippen molar-refractivity contribution in [1.29, 1.82) is 0 Å². The predicted octanol–water partition coefficient (Wildman–Crippen LogP) is 1.40. The van der Waals surface area contributed by atoms with E-state index in [-0.39, 0.29) is 11.5 Å². The van der Waals surface area contributed by atoms with Gasteiger partial charge in [0.2, 0.25) is 5.91 Å². The van der Waals surface area contributed by atoms with E-state index in [0.717, 1.165) is 11.3 Å². The van der Waals surface area contributed by atoms with E-state index in [1.165, 1.54) is 17.7 Å². The first-order valence-electron chi connectivity index (χ1n) is 5.43. The van der Waals surface area contributed by atoms with Crippen LogP contribution in [0.4, 0.5) is 0 Å². The number of carbonyl (C=O) groups excluding carboxylic acids is 1. The standard InChI is InChI=1S/C11H13N3O2S/c1-2-3-9(15)12-5-7-4-8-10(16)13-6-14-11(8)17-7/h4,6H,2-3,5H2,1H3,(H,12,15)(H,13,14,16). The summed E-state index contributed by atoms with van der Waals surface area (Å²) in [6.45, 7) is 2.42. The van der Waals surface area contributed by atoms with E-state index >= 15 is 0 Å². The summed E-state index contributed by atoms with van der Waals surface area (Å²) < 4.78 is 0. The van der Waals surface area contributed by atoms with Gasteiger partial charge in [-0.15, -0.1) is 11.3 Å². The molecule has 2 aromatic heterocycles. The number of hydrogen-bond acceptors (Lipinski definition) is 4. The quantitative estimate of drug-likeness (QED) is 0.862. The van der Waals surface area contributed by atoms with Crippen LogP contribution in [-0.4, -0.2) is 15.9 Å². The average Bonchev–Trinajstić information content (AvgIpc) is 2.71. The zero-order valence-electron chi connectivity index (χ0n) is 9.45. The minimum absolute atomic E-state index is 0.0341. The lowest BCUT2D eigenvalue weighted by Gasteiger charge is -2.00. The van der Waals surface area contributed by atoms with Crippen molar-refractivity contribution in [3.05, 3.63) is 27.6 Å². The molecular formula is C11H13N3O2S. The van der Waals surface area contributed by atoms with Crippen LogP contribution in [0.5, 0.6) is 0 Å². The van der Waals surface area contributed by atoms with Crippen molar-refractivity contribution in [1.82, 2.24) is 15.3 Å².